The lowest BCUT2D eigenvalue weighted by molar-refractivity contribution is -0.166. The van der Waals surface area contributed by atoms with E-state index < -0.39 is 6.10 Å². The van der Waals surface area contributed by atoms with Gasteiger partial charge in [0.05, 0.1) is 0 Å². The number of ether oxygens (including phenoxy) is 3. The van der Waals surface area contributed by atoms with Crippen molar-refractivity contribution in [1.29, 1.82) is 0 Å². The summed E-state index contributed by atoms with van der Waals surface area (Å²) in [5, 5.41) is 0. The second-order valence-electron chi connectivity index (χ2n) is 18.8. The molecule has 1 atom stereocenters. The normalized spacial score (nSPS) is 13.0. The van der Waals surface area contributed by atoms with E-state index in [4.69, 9.17) is 14.2 Å². The molecule has 0 N–H and O–H groups in total. The van der Waals surface area contributed by atoms with E-state index in [2.05, 4.69) is 136 Å². The second-order valence-corrected chi connectivity index (χ2v) is 18.8. The van der Waals surface area contributed by atoms with E-state index in [1.54, 1.807) is 0 Å². The minimum absolute atomic E-state index is 0.113. The third-order valence-corrected chi connectivity index (χ3v) is 12.0. The fourth-order valence-electron chi connectivity index (χ4n) is 7.67. The number of carbonyl (C=O) groups excluding carboxylic acids is 3. The zero-order valence-electron chi connectivity index (χ0n) is 45.9. The van der Waals surface area contributed by atoms with Gasteiger partial charge in [0.1, 0.15) is 13.2 Å². The fraction of sp³-hybridized carbons (Fsp3) is 0.646. The molecule has 1 unspecified atom stereocenters. The molecule has 71 heavy (non-hydrogen) atoms. The summed E-state index contributed by atoms with van der Waals surface area (Å²) >= 11 is 0. The monoisotopic (exact) mass is 983 g/mol. The number of rotatable bonds is 51. The van der Waals surface area contributed by atoms with Gasteiger partial charge in [-0.05, 0) is 109 Å². The first kappa shape index (κ1) is 66.8. The molecule has 0 aromatic heterocycles. The first-order chi connectivity index (χ1) is 35.0. The van der Waals surface area contributed by atoms with Gasteiger partial charge >= 0.3 is 17.9 Å². The van der Waals surface area contributed by atoms with Crippen molar-refractivity contribution in [2.45, 2.75) is 258 Å². The standard InChI is InChI=1S/C65H106O6/c1-4-7-10-13-16-19-22-25-28-31-33-35-37-40-43-46-49-52-55-58-64(67)70-61-62(60-69-63(66)57-54-51-48-45-42-39-36-30-27-24-21-18-15-12-9-6-3)71-65(68)59-56-53-50-47-44-41-38-34-32-29-26-23-20-17-14-11-8-5-2/h7,9-10,12,16,18-19,21,25,27-30,32,34,38-39,42,48,51,62H,4-6,8,11,13-15,17,20,22-24,26,31,33,35-37,40-41,43-47,49-50,52-61H2,1-3H3/b10-7-,12-9-,19-16-,21-18-,28-25-,30-27-,32-29-,38-34-,42-39-,51-48-. The Morgan fingerprint density at radius 1 is 0.310 bits per heavy atom. The lowest BCUT2D eigenvalue weighted by atomic mass is 10.1. The molecule has 6 nitrogen and oxygen atoms in total. The van der Waals surface area contributed by atoms with Crippen LogP contribution in [0.4, 0.5) is 0 Å². The Balaban J connectivity index is 4.52. The van der Waals surface area contributed by atoms with Gasteiger partial charge in [-0.25, -0.2) is 0 Å². The van der Waals surface area contributed by atoms with Crippen molar-refractivity contribution in [2.24, 2.45) is 0 Å². The van der Waals surface area contributed by atoms with Gasteiger partial charge in [0.15, 0.2) is 6.10 Å². The highest BCUT2D eigenvalue weighted by atomic mass is 16.6. The Bertz CT molecular complexity index is 1500. The Hall–Kier alpha value is -4.19. The maximum atomic E-state index is 12.9. The van der Waals surface area contributed by atoms with Crippen LogP contribution in [0.5, 0.6) is 0 Å². The van der Waals surface area contributed by atoms with Crippen LogP contribution >= 0.6 is 0 Å². The van der Waals surface area contributed by atoms with Crippen LogP contribution in [-0.4, -0.2) is 37.2 Å². The zero-order valence-corrected chi connectivity index (χ0v) is 45.9. The molecule has 0 saturated heterocycles. The summed E-state index contributed by atoms with van der Waals surface area (Å²) in [5.41, 5.74) is 0. The summed E-state index contributed by atoms with van der Waals surface area (Å²) in [6, 6.07) is 0. The van der Waals surface area contributed by atoms with Crippen LogP contribution in [0.1, 0.15) is 252 Å². The molecule has 6 heteroatoms. The Morgan fingerprint density at radius 2 is 0.620 bits per heavy atom. The molecule has 0 saturated carbocycles. The van der Waals surface area contributed by atoms with Crippen LogP contribution in [0.15, 0.2) is 122 Å². The van der Waals surface area contributed by atoms with E-state index in [0.717, 1.165) is 116 Å². The summed E-state index contributed by atoms with van der Waals surface area (Å²) in [7, 11) is 0. The van der Waals surface area contributed by atoms with Crippen LogP contribution in [0.2, 0.25) is 0 Å². The van der Waals surface area contributed by atoms with Gasteiger partial charge in [0.25, 0.3) is 0 Å². The second kappa shape index (κ2) is 58.4. The highest BCUT2D eigenvalue weighted by molar-refractivity contribution is 5.71. The topological polar surface area (TPSA) is 78.9 Å². The molecule has 0 aromatic rings. The van der Waals surface area contributed by atoms with Crippen LogP contribution in [0.25, 0.3) is 0 Å². The van der Waals surface area contributed by atoms with E-state index in [1.165, 1.54) is 89.9 Å². The van der Waals surface area contributed by atoms with Gasteiger partial charge in [-0.2, -0.15) is 0 Å². The fourth-order valence-corrected chi connectivity index (χ4v) is 7.67. The number of esters is 3. The summed E-state index contributed by atoms with van der Waals surface area (Å²) < 4.78 is 16.8. The number of carbonyl (C=O) groups is 3. The van der Waals surface area contributed by atoms with E-state index in [-0.39, 0.29) is 37.5 Å². The number of hydrogen-bond donors (Lipinski definition) is 0. The molecular weight excluding hydrogens is 877 g/mol. The Kier molecular flexibility index (Phi) is 54.9. The third-order valence-electron chi connectivity index (χ3n) is 12.0. The quantitative estimate of drug-likeness (QED) is 0.0199. The molecule has 0 rings (SSSR count). The average Bonchev–Trinajstić information content (AvgIpc) is 3.37. The van der Waals surface area contributed by atoms with Crippen LogP contribution in [0.3, 0.4) is 0 Å². The van der Waals surface area contributed by atoms with E-state index in [1.807, 2.05) is 6.08 Å². The third kappa shape index (κ3) is 56.6. The molecule has 402 valence electrons. The van der Waals surface area contributed by atoms with Gasteiger partial charge in [-0.1, -0.05) is 245 Å². The number of unbranched alkanes of at least 4 members (excludes halogenated alkanes) is 21. The van der Waals surface area contributed by atoms with Gasteiger partial charge in [-0.15, -0.1) is 0 Å². The minimum Gasteiger partial charge on any atom is -0.462 e. The predicted molar refractivity (Wildman–Crippen MR) is 306 cm³/mol. The van der Waals surface area contributed by atoms with E-state index in [0.29, 0.717) is 19.3 Å². The molecule has 0 bridgehead atoms. The van der Waals surface area contributed by atoms with Crippen LogP contribution in [-0.2, 0) is 28.6 Å². The van der Waals surface area contributed by atoms with Gasteiger partial charge in [-0.3, -0.25) is 14.4 Å². The molecule has 0 amide bonds. The Morgan fingerprint density at radius 3 is 1.03 bits per heavy atom. The van der Waals surface area contributed by atoms with Crippen molar-refractivity contribution in [2.75, 3.05) is 13.2 Å². The van der Waals surface area contributed by atoms with Crippen molar-refractivity contribution in [3.8, 4) is 0 Å². The van der Waals surface area contributed by atoms with Crippen LogP contribution < -0.4 is 0 Å². The van der Waals surface area contributed by atoms with Crippen molar-refractivity contribution in [3.05, 3.63) is 122 Å². The lowest BCUT2D eigenvalue weighted by Crippen LogP contribution is -2.30. The highest BCUT2D eigenvalue weighted by Gasteiger charge is 2.19. The van der Waals surface area contributed by atoms with E-state index >= 15 is 0 Å². The summed E-state index contributed by atoms with van der Waals surface area (Å²) in [6.07, 6.45) is 80.6. The van der Waals surface area contributed by atoms with Gasteiger partial charge in [0.2, 0.25) is 0 Å². The molecular formula is C65H106O6. The molecule has 0 aliphatic heterocycles. The summed E-state index contributed by atoms with van der Waals surface area (Å²) in [6.45, 7) is 6.33. The molecule has 0 aliphatic rings. The molecule has 0 heterocycles. The van der Waals surface area contributed by atoms with E-state index in [9.17, 15) is 14.4 Å². The molecule has 0 fully saturated rings. The van der Waals surface area contributed by atoms with Crippen molar-refractivity contribution < 1.29 is 28.6 Å². The zero-order chi connectivity index (χ0) is 51.4. The SMILES string of the molecule is CC/C=C\C/C=C\C/C=C\C/C=C\C/C=C\CCC(=O)OCC(COC(=O)CCCCCCCCCCC/C=C\C/C=C\C/C=C\CC)OC(=O)CCCCCCC/C=C\C=C/CCCCCCCCC. The first-order valence-corrected chi connectivity index (χ1v) is 29.1. The first-order valence-electron chi connectivity index (χ1n) is 29.1. The number of allylic oxidation sites excluding steroid dienone is 20. The summed E-state index contributed by atoms with van der Waals surface area (Å²) in [4.78, 5) is 38.2. The smallest absolute Gasteiger partial charge is 0.306 e. The largest absolute Gasteiger partial charge is 0.462 e. The average molecular weight is 984 g/mol. The van der Waals surface area contributed by atoms with Gasteiger partial charge in [0, 0.05) is 19.3 Å². The maximum Gasteiger partial charge on any atom is 0.306 e. The Labute approximate surface area is 437 Å². The predicted octanol–water partition coefficient (Wildman–Crippen LogP) is 19.6. The lowest BCUT2D eigenvalue weighted by Gasteiger charge is -2.18. The van der Waals surface area contributed by atoms with Gasteiger partial charge < -0.3 is 14.2 Å². The highest BCUT2D eigenvalue weighted by Crippen LogP contribution is 2.14. The van der Waals surface area contributed by atoms with Crippen molar-refractivity contribution in [3.63, 3.8) is 0 Å². The molecule has 0 radical (unpaired) electrons. The van der Waals surface area contributed by atoms with Crippen LogP contribution in [0, 0.1) is 0 Å². The minimum atomic E-state index is -0.823. The van der Waals surface area contributed by atoms with Crippen molar-refractivity contribution >= 4 is 17.9 Å². The van der Waals surface area contributed by atoms with Crippen molar-refractivity contribution in [1.82, 2.24) is 0 Å². The molecule has 0 aromatic carbocycles. The summed E-state index contributed by atoms with van der Waals surface area (Å²) in [5.74, 6) is -1.02. The molecule has 0 aliphatic carbocycles. The maximum absolute atomic E-state index is 12.9. The number of hydrogen-bond acceptors (Lipinski definition) is 6. The molecule has 0 spiro atoms.